The molecule has 2 aliphatic carbocycles. The SMILES string of the molecule is CCCCC1=CCC(Cl)=C1CCC1=C(Cl)CC=C1CCCC.[Ti]. The van der Waals surface area contributed by atoms with E-state index in [4.69, 9.17) is 23.2 Å². The van der Waals surface area contributed by atoms with Crippen LogP contribution in [-0.2, 0) is 21.7 Å². The topological polar surface area (TPSA) is 0 Å². The second-order valence-corrected chi connectivity index (χ2v) is 7.25. The molecule has 0 unspecified atom stereocenters. The van der Waals surface area contributed by atoms with Crippen LogP contribution in [0.1, 0.15) is 78.1 Å². The number of allylic oxidation sites excluding steroid dienone is 8. The Kier molecular flexibility index (Phi) is 10.2. The van der Waals surface area contributed by atoms with Crippen LogP contribution < -0.4 is 0 Å². The van der Waals surface area contributed by atoms with E-state index < -0.39 is 0 Å². The van der Waals surface area contributed by atoms with E-state index in [9.17, 15) is 0 Å². The van der Waals surface area contributed by atoms with Gasteiger partial charge in [0.2, 0.25) is 0 Å². The Balaban J connectivity index is 0.00000264. The van der Waals surface area contributed by atoms with Gasteiger partial charge in [-0.1, -0.05) is 62.0 Å². The molecule has 3 heteroatoms. The zero-order valence-corrected chi connectivity index (χ0v) is 17.6. The normalized spacial score (nSPS) is 17.6. The molecule has 0 fully saturated rings. The van der Waals surface area contributed by atoms with E-state index in [1.165, 1.54) is 60.8 Å². The zero-order chi connectivity index (χ0) is 15.9. The molecular weight excluding hydrogens is 359 g/mol. The molecule has 0 radical (unpaired) electrons. The second-order valence-electron chi connectivity index (χ2n) is 6.34. The Morgan fingerprint density at radius 1 is 0.739 bits per heavy atom. The summed E-state index contributed by atoms with van der Waals surface area (Å²) in [5, 5.41) is 2.11. The summed E-state index contributed by atoms with van der Waals surface area (Å²) >= 11 is 12.9. The molecule has 2 rings (SSSR count). The fourth-order valence-electron chi connectivity index (χ4n) is 3.35. The zero-order valence-electron chi connectivity index (χ0n) is 14.5. The summed E-state index contributed by atoms with van der Waals surface area (Å²) in [6.45, 7) is 4.49. The predicted octanol–water partition coefficient (Wildman–Crippen LogP) is 7.79. The summed E-state index contributed by atoms with van der Waals surface area (Å²) in [5.41, 5.74) is 5.77. The molecule has 0 aromatic rings. The van der Waals surface area contributed by atoms with Crippen molar-refractivity contribution < 1.29 is 21.7 Å². The van der Waals surface area contributed by atoms with Gasteiger partial charge in [-0.3, -0.25) is 0 Å². The van der Waals surface area contributed by atoms with Crippen molar-refractivity contribution >= 4 is 23.2 Å². The molecule has 0 amide bonds. The van der Waals surface area contributed by atoms with E-state index in [1.54, 1.807) is 0 Å². The number of rotatable bonds is 9. The average Bonchev–Trinajstić information content (AvgIpc) is 3.04. The van der Waals surface area contributed by atoms with E-state index in [0.717, 1.165) is 35.7 Å². The first kappa shape index (κ1) is 21.3. The van der Waals surface area contributed by atoms with Crippen LogP contribution in [0.3, 0.4) is 0 Å². The summed E-state index contributed by atoms with van der Waals surface area (Å²) in [7, 11) is 0. The first-order valence-corrected chi connectivity index (χ1v) is 9.56. The third kappa shape index (κ3) is 5.92. The Morgan fingerprint density at radius 2 is 1.13 bits per heavy atom. The van der Waals surface area contributed by atoms with Gasteiger partial charge in [0.1, 0.15) is 0 Å². The molecule has 0 heterocycles. The quantitative estimate of drug-likeness (QED) is 0.354. The van der Waals surface area contributed by atoms with Crippen LogP contribution in [0.15, 0.2) is 44.5 Å². The maximum atomic E-state index is 6.46. The summed E-state index contributed by atoms with van der Waals surface area (Å²) in [6.07, 6.45) is 15.9. The summed E-state index contributed by atoms with van der Waals surface area (Å²) < 4.78 is 0. The first-order chi connectivity index (χ1) is 10.7. The smallest absolute Gasteiger partial charge is 0.0253 e. The molecule has 0 aromatic carbocycles. The summed E-state index contributed by atoms with van der Waals surface area (Å²) in [5.74, 6) is 0. The molecule has 23 heavy (non-hydrogen) atoms. The third-order valence-corrected chi connectivity index (χ3v) is 5.47. The van der Waals surface area contributed by atoms with E-state index in [1.807, 2.05) is 0 Å². The van der Waals surface area contributed by atoms with Crippen molar-refractivity contribution in [1.29, 1.82) is 0 Å². The Bertz CT molecular complexity index is 476. The Hall–Kier alpha value is 0.254. The molecule has 126 valence electrons. The predicted molar refractivity (Wildman–Crippen MR) is 99.4 cm³/mol. The molecule has 0 atom stereocenters. The van der Waals surface area contributed by atoms with E-state index >= 15 is 0 Å². The number of halogens is 2. The molecular formula is C20H28Cl2Ti. The minimum Gasteiger partial charge on any atom is -0.0885 e. The van der Waals surface area contributed by atoms with Crippen molar-refractivity contribution in [1.82, 2.24) is 0 Å². The minimum absolute atomic E-state index is 0. The van der Waals surface area contributed by atoms with Gasteiger partial charge in [0.05, 0.1) is 0 Å². The van der Waals surface area contributed by atoms with Crippen molar-refractivity contribution in [2.75, 3.05) is 0 Å². The van der Waals surface area contributed by atoms with Gasteiger partial charge in [0.15, 0.2) is 0 Å². The average molecular weight is 387 g/mol. The largest absolute Gasteiger partial charge is 0.0885 e. The van der Waals surface area contributed by atoms with Crippen LogP contribution >= 0.6 is 23.2 Å². The van der Waals surface area contributed by atoms with Crippen molar-refractivity contribution in [2.45, 2.75) is 78.1 Å². The number of hydrogen-bond acceptors (Lipinski definition) is 0. The van der Waals surface area contributed by atoms with Gasteiger partial charge in [-0.2, -0.15) is 0 Å². The van der Waals surface area contributed by atoms with Gasteiger partial charge < -0.3 is 0 Å². The molecule has 0 aliphatic heterocycles. The molecule has 0 saturated heterocycles. The van der Waals surface area contributed by atoms with E-state index in [2.05, 4.69) is 26.0 Å². The van der Waals surface area contributed by atoms with Crippen LogP contribution in [0.4, 0.5) is 0 Å². The fraction of sp³-hybridized carbons (Fsp3) is 0.600. The molecule has 2 aliphatic rings. The van der Waals surface area contributed by atoms with Gasteiger partial charge in [0.25, 0.3) is 0 Å². The minimum atomic E-state index is 0. The summed E-state index contributed by atoms with van der Waals surface area (Å²) in [4.78, 5) is 0. The standard InChI is InChI=1S/C20H28Cl2.Ti/c1-3-5-7-15-9-13-19(21)17(15)11-12-18-16(8-6-4-2)10-14-20(18)22;/h9-10H,3-8,11-14H2,1-2H3;. The first-order valence-electron chi connectivity index (χ1n) is 8.81. The molecule has 0 spiro atoms. The van der Waals surface area contributed by atoms with Crippen molar-refractivity contribution in [2.24, 2.45) is 0 Å². The van der Waals surface area contributed by atoms with Gasteiger partial charge >= 0.3 is 0 Å². The van der Waals surface area contributed by atoms with Crippen LogP contribution in [-0.4, -0.2) is 0 Å². The van der Waals surface area contributed by atoms with Crippen molar-refractivity contribution in [3.05, 3.63) is 44.5 Å². The fourth-order valence-corrected chi connectivity index (χ4v) is 3.94. The monoisotopic (exact) mass is 386 g/mol. The number of unbranched alkanes of at least 4 members (excludes halogenated alkanes) is 2. The van der Waals surface area contributed by atoms with Gasteiger partial charge in [-0.15, -0.1) is 0 Å². The Morgan fingerprint density at radius 3 is 1.48 bits per heavy atom. The van der Waals surface area contributed by atoms with Crippen LogP contribution in [0, 0.1) is 0 Å². The van der Waals surface area contributed by atoms with Crippen molar-refractivity contribution in [3.63, 3.8) is 0 Å². The van der Waals surface area contributed by atoms with Gasteiger partial charge in [-0.25, -0.2) is 0 Å². The second kappa shape index (κ2) is 11.0. The molecule has 0 N–H and O–H groups in total. The van der Waals surface area contributed by atoms with Gasteiger partial charge in [0, 0.05) is 44.6 Å². The molecule has 0 bridgehead atoms. The number of hydrogen-bond donors (Lipinski definition) is 0. The molecule has 0 nitrogen and oxygen atoms in total. The molecule has 0 aromatic heterocycles. The van der Waals surface area contributed by atoms with Gasteiger partial charge in [-0.05, 0) is 60.8 Å². The third-order valence-electron chi connectivity index (χ3n) is 4.71. The van der Waals surface area contributed by atoms with Crippen LogP contribution in [0.5, 0.6) is 0 Å². The van der Waals surface area contributed by atoms with Crippen LogP contribution in [0.2, 0.25) is 0 Å². The maximum Gasteiger partial charge on any atom is 0.0253 e. The summed E-state index contributed by atoms with van der Waals surface area (Å²) in [6, 6.07) is 0. The maximum absolute atomic E-state index is 6.46. The van der Waals surface area contributed by atoms with Crippen LogP contribution in [0.25, 0.3) is 0 Å². The Labute approximate surface area is 167 Å². The van der Waals surface area contributed by atoms with Crippen molar-refractivity contribution in [3.8, 4) is 0 Å². The molecule has 0 saturated carbocycles. The van der Waals surface area contributed by atoms with E-state index in [-0.39, 0.29) is 21.7 Å². The van der Waals surface area contributed by atoms with E-state index in [0.29, 0.717) is 0 Å².